The van der Waals surface area contributed by atoms with Crippen molar-refractivity contribution in [2.45, 2.75) is 13.5 Å². The molecule has 3 aromatic rings. The van der Waals surface area contributed by atoms with Crippen molar-refractivity contribution < 1.29 is 18.7 Å². The molecule has 0 fully saturated rings. The molecule has 5 nitrogen and oxygen atoms in total. The molecule has 122 valence electrons. The van der Waals surface area contributed by atoms with E-state index in [0.29, 0.717) is 16.9 Å². The lowest BCUT2D eigenvalue weighted by Gasteiger charge is -2.06. The van der Waals surface area contributed by atoms with Crippen LogP contribution >= 0.6 is 0 Å². The van der Waals surface area contributed by atoms with Gasteiger partial charge in [0.2, 0.25) is 0 Å². The lowest BCUT2D eigenvalue weighted by atomic mass is 10.0. The van der Waals surface area contributed by atoms with Gasteiger partial charge in [0, 0.05) is 18.4 Å². The highest BCUT2D eigenvalue weighted by molar-refractivity contribution is 5.82. The van der Waals surface area contributed by atoms with Crippen molar-refractivity contribution in [2.75, 3.05) is 7.11 Å². The molecule has 0 saturated carbocycles. The van der Waals surface area contributed by atoms with Crippen LogP contribution in [-0.4, -0.2) is 13.1 Å². The van der Waals surface area contributed by atoms with Gasteiger partial charge in [0.05, 0.1) is 12.7 Å². The third-order valence-electron chi connectivity index (χ3n) is 3.65. The van der Waals surface area contributed by atoms with Gasteiger partial charge in [-0.3, -0.25) is 4.79 Å². The van der Waals surface area contributed by atoms with Crippen LogP contribution in [0.15, 0.2) is 57.7 Å². The molecular weight excluding hydrogens is 308 g/mol. The van der Waals surface area contributed by atoms with Crippen LogP contribution in [0, 0.1) is 0 Å². The number of carbonyl (C=O) groups is 1. The molecule has 0 aliphatic rings. The highest BCUT2D eigenvalue weighted by atomic mass is 16.5. The van der Waals surface area contributed by atoms with Crippen molar-refractivity contribution in [2.24, 2.45) is 0 Å². The Morgan fingerprint density at radius 1 is 1.08 bits per heavy atom. The zero-order valence-electron chi connectivity index (χ0n) is 13.4. The van der Waals surface area contributed by atoms with Gasteiger partial charge in [-0.1, -0.05) is 24.3 Å². The van der Waals surface area contributed by atoms with E-state index in [1.165, 1.54) is 6.92 Å². The summed E-state index contributed by atoms with van der Waals surface area (Å²) in [4.78, 5) is 23.1. The summed E-state index contributed by atoms with van der Waals surface area (Å²) in [5.74, 6) is 0.304. The quantitative estimate of drug-likeness (QED) is 0.542. The number of hydrogen-bond acceptors (Lipinski definition) is 5. The summed E-state index contributed by atoms with van der Waals surface area (Å²) in [6, 6.07) is 14.4. The topological polar surface area (TPSA) is 65.7 Å². The summed E-state index contributed by atoms with van der Waals surface area (Å²) in [6.07, 6.45) is 0. The van der Waals surface area contributed by atoms with Crippen LogP contribution in [0.5, 0.6) is 5.75 Å². The Hall–Kier alpha value is -3.08. The first-order valence-corrected chi connectivity index (χ1v) is 7.41. The molecule has 3 rings (SSSR count). The fourth-order valence-electron chi connectivity index (χ4n) is 2.39. The summed E-state index contributed by atoms with van der Waals surface area (Å²) in [5.41, 5.74) is 2.14. The number of rotatable bonds is 4. The minimum atomic E-state index is -0.413. The van der Waals surface area contributed by atoms with Crippen molar-refractivity contribution >= 4 is 16.9 Å². The van der Waals surface area contributed by atoms with Crippen molar-refractivity contribution in [1.29, 1.82) is 0 Å². The molecule has 2 aromatic carbocycles. The molecule has 0 unspecified atom stereocenters. The van der Waals surface area contributed by atoms with E-state index in [2.05, 4.69) is 0 Å². The van der Waals surface area contributed by atoms with E-state index in [9.17, 15) is 9.59 Å². The molecule has 1 heterocycles. The second-order valence-electron chi connectivity index (χ2n) is 5.33. The van der Waals surface area contributed by atoms with E-state index in [1.807, 2.05) is 24.3 Å². The van der Waals surface area contributed by atoms with Gasteiger partial charge in [-0.15, -0.1) is 0 Å². The summed E-state index contributed by atoms with van der Waals surface area (Å²) >= 11 is 0. The SMILES string of the molecule is COc1ccc2cc(-c3ccc(COC(C)=O)cc3)c(=O)oc2c1. The Morgan fingerprint density at radius 3 is 2.50 bits per heavy atom. The minimum absolute atomic E-state index is 0.210. The molecule has 1 aromatic heterocycles. The third kappa shape index (κ3) is 3.30. The normalized spacial score (nSPS) is 10.6. The molecule has 5 heteroatoms. The molecule has 0 saturated heterocycles. The monoisotopic (exact) mass is 324 g/mol. The lowest BCUT2D eigenvalue weighted by Crippen LogP contribution is -2.03. The van der Waals surface area contributed by atoms with Crippen molar-refractivity contribution in [1.82, 2.24) is 0 Å². The van der Waals surface area contributed by atoms with E-state index in [1.54, 1.807) is 31.4 Å². The molecule has 0 spiro atoms. The molecule has 0 aliphatic heterocycles. The number of hydrogen-bond donors (Lipinski definition) is 0. The Kier molecular flexibility index (Phi) is 4.33. The molecule has 0 bridgehead atoms. The summed E-state index contributed by atoms with van der Waals surface area (Å²) in [7, 11) is 1.56. The van der Waals surface area contributed by atoms with Gasteiger partial charge in [0.15, 0.2) is 0 Å². The van der Waals surface area contributed by atoms with E-state index >= 15 is 0 Å². The summed E-state index contributed by atoms with van der Waals surface area (Å²) in [6.45, 7) is 1.57. The van der Waals surface area contributed by atoms with E-state index in [-0.39, 0.29) is 12.6 Å². The molecule has 0 amide bonds. The van der Waals surface area contributed by atoms with Crippen molar-refractivity contribution in [3.63, 3.8) is 0 Å². The van der Waals surface area contributed by atoms with Crippen molar-refractivity contribution in [3.05, 3.63) is 64.5 Å². The maximum Gasteiger partial charge on any atom is 0.344 e. The van der Waals surface area contributed by atoms with Crippen LogP contribution in [0.4, 0.5) is 0 Å². The van der Waals surface area contributed by atoms with E-state index < -0.39 is 5.63 Å². The standard InChI is InChI=1S/C19H16O5/c1-12(20)23-11-13-3-5-14(6-4-13)17-9-15-7-8-16(22-2)10-18(15)24-19(17)21/h3-10H,11H2,1-2H3. The predicted molar refractivity (Wildman–Crippen MR) is 89.9 cm³/mol. The third-order valence-corrected chi connectivity index (χ3v) is 3.65. The van der Waals surface area contributed by atoms with Crippen LogP contribution in [0.3, 0.4) is 0 Å². The molecule has 24 heavy (non-hydrogen) atoms. The molecule has 0 aliphatic carbocycles. The molecule has 0 atom stereocenters. The van der Waals surface area contributed by atoms with Gasteiger partial charge < -0.3 is 13.9 Å². The smallest absolute Gasteiger partial charge is 0.344 e. The highest BCUT2D eigenvalue weighted by Gasteiger charge is 2.09. The van der Waals surface area contributed by atoms with Crippen LogP contribution in [0.25, 0.3) is 22.1 Å². The maximum absolute atomic E-state index is 12.3. The van der Waals surface area contributed by atoms with Gasteiger partial charge in [0.25, 0.3) is 0 Å². The zero-order valence-corrected chi connectivity index (χ0v) is 13.4. The Labute approximate surface area is 138 Å². The summed E-state index contributed by atoms with van der Waals surface area (Å²) in [5, 5.41) is 0.814. The average molecular weight is 324 g/mol. The van der Waals surface area contributed by atoms with Gasteiger partial charge in [-0.2, -0.15) is 0 Å². The number of fused-ring (bicyclic) bond motifs is 1. The van der Waals surface area contributed by atoms with E-state index in [4.69, 9.17) is 13.9 Å². The van der Waals surface area contributed by atoms with Gasteiger partial charge in [-0.05, 0) is 29.3 Å². The second-order valence-corrected chi connectivity index (χ2v) is 5.33. The largest absolute Gasteiger partial charge is 0.497 e. The molecule has 0 radical (unpaired) electrons. The number of methoxy groups -OCH3 is 1. The lowest BCUT2D eigenvalue weighted by molar-refractivity contribution is -0.142. The van der Waals surface area contributed by atoms with Crippen molar-refractivity contribution in [3.8, 4) is 16.9 Å². The minimum Gasteiger partial charge on any atom is -0.497 e. The Morgan fingerprint density at radius 2 is 1.83 bits per heavy atom. The average Bonchev–Trinajstić information content (AvgIpc) is 2.59. The predicted octanol–water partition coefficient (Wildman–Crippen LogP) is 3.53. The van der Waals surface area contributed by atoms with Crippen LogP contribution in [-0.2, 0) is 16.1 Å². The molecule has 0 N–H and O–H groups in total. The van der Waals surface area contributed by atoms with Crippen LogP contribution in [0.1, 0.15) is 12.5 Å². The first-order chi connectivity index (χ1) is 11.6. The fourth-order valence-corrected chi connectivity index (χ4v) is 2.39. The number of ether oxygens (including phenoxy) is 2. The number of esters is 1. The summed E-state index contributed by atoms with van der Waals surface area (Å²) < 4.78 is 15.5. The Bertz CT molecular complexity index is 938. The first kappa shape index (κ1) is 15.8. The van der Waals surface area contributed by atoms with Gasteiger partial charge in [-0.25, -0.2) is 4.79 Å². The zero-order chi connectivity index (χ0) is 17.1. The second kappa shape index (κ2) is 6.58. The van der Waals surface area contributed by atoms with Crippen LogP contribution < -0.4 is 10.4 Å². The number of benzene rings is 2. The highest BCUT2D eigenvalue weighted by Crippen LogP contribution is 2.24. The van der Waals surface area contributed by atoms with Gasteiger partial charge in [0.1, 0.15) is 17.9 Å². The number of carbonyl (C=O) groups excluding carboxylic acids is 1. The van der Waals surface area contributed by atoms with Gasteiger partial charge >= 0.3 is 11.6 Å². The first-order valence-electron chi connectivity index (χ1n) is 7.41. The Balaban J connectivity index is 1.95. The van der Waals surface area contributed by atoms with Crippen LogP contribution in [0.2, 0.25) is 0 Å². The molecular formula is C19H16O5. The maximum atomic E-state index is 12.3. The fraction of sp³-hybridized carbons (Fsp3) is 0.158. The van der Waals surface area contributed by atoms with E-state index in [0.717, 1.165) is 16.5 Å².